The number of nitrogens with zero attached hydrogens (tertiary/aromatic N) is 9. The third kappa shape index (κ3) is 7.08. The van der Waals surface area contributed by atoms with Crippen molar-refractivity contribution < 1.29 is 63.6 Å². The number of hydroxylamine groups is 4. The third-order valence-corrected chi connectivity index (χ3v) is 14.0. The van der Waals surface area contributed by atoms with Crippen LogP contribution in [0.5, 0.6) is 0 Å². The summed E-state index contributed by atoms with van der Waals surface area (Å²) in [6.45, 7) is 18.8. The molecule has 2 saturated heterocycles. The van der Waals surface area contributed by atoms with Crippen molar-refractivity contribution in [3.05, 3.63) is 34.9 Å². The Hall–Kier alpha value is -5.75. The highest BCUT2D eigenvalue weighted by Gasteiger charge is 2.72. The maximum absolute atomic E-state index is 14.5. The number of carboxylic acid groups (broad SMARTS) is 1. The molecule has 66 heavy (non-hydrogen) atoms. The fourth-order valence-corrected chi connectivity index (χ4v) is 12.6. The molecule has 2 fully saturated rings. The van der Waals surface area contributed by atoms with Crippen LogP contribution in [0.2, 0.25) is 0 Å². The van der Waals surface area contributed by atoms with E-state index >= 15 is 0 Å². The standard InChI is InChI=1S/C37H55N13O14S2/c1-32(2,3)36(33(4,5)6,23-21-17(13-46(42-21)27(40)51)19-15-44(23)29(53)49(19)63-65(57,58)59)25(38)48(31(55)56)26(39)37(34(7,8)9,35(10,11)12)24-22-18(14-47(43-22)28(41)52)20-16-45(24)30(54)50(20)64-66(60,61)62/h13-14,19-20,23-24,38-39H,15-16H2,1-12H3,(H2,40,51)(H2,41,52)(H,55,56)(H,57,58,59)(H,60,61,62)/t19-,20?,23?,24?/m1/s1. The summed E-state index contributed by atoms with van der Waals surface area (Å²) in [7, 11) is -10.7. The number of amides is 7. The van der Waals surface area contributed by atoms with Gasteiger partial charge < -0.3 is 26.4 Å². The van der Waals surface area contributed by atoms with E-state index in [0.717, 1.165) is 22.2 Å². The molecule has 29 heteroatoms. The van der Waals surface area contributed by atoms with Gasteiger partial charge in [-0.1, -0.05) is 83.1 Å². The van der Waals surface area contributed by atoms with Crippen molar-refractivity contribution in [3.8, 4) is 0 Å². The Balaban J connectivity index is 1.70. The van der Waals surface area contributed by atoms with Crippen molar-refractivity contribution in [1.82, 2.24) is 44.4 Å². The predicted molar refractivity (Wildman–Crippen MR) is 227 cm³/mol. The van der Waals surface area contributed by atoms with Gasteiger partial charge in [-0.3, -0.25) is 19.9 Å². The van der Waals surface area contributed by atoms with Gasteiger partial charge in [-0.15, -0.1) is 8.57 Å². The number of carbonyl (C=O) groups is 5. The Kier molecular flexibility index (Phi) is 11.2. The Morgan fingerprint density at radius 2 is 0.939 bits per heavy atom. The molecule has 27 nitrogen and oxygen atoms in total. The van der Waals surface area contributed by atoms with E-state index in [4.69, 9.17) is 20.0 Å². The molecule has 4 atom stereocenters. The molecule has 0 radical (unpaired) electrons. The van der Waals surface area contributed by atoms with Gasteiger partial charge in [-0.25, -0.2) is 28.9 Å². The third-order valence-electron chi connectivity index (χ3n) is 13.3. The van der Waals surface area contributed by atoms with Gasteiger partial charge in [0.25, 0.3) is 0 Å². The number of urea groups is 2. The van der Waals surface area contributed by atoms with E-state index in [2.05, 4.69) is 10.2 Å². The molecule has 0 spiro atoms. The first kappa shape index (κ1) is 49.7. The van der Waals surface area contributed by atoms with E-state index < -0.39 is 132 Å². The number of hydrogen-bond acceptors (Lipinski definition) is 15. The quantitative estimate of drug-likeness (QED) is 0.112. The van der Waals surface area contributed by atoms with Crippen LogP contribution in [0.15, 0.2) is 12.4 Å². The van der Waals surface area contributed by atoms with Crippen molar-refractivity contribution in [2.75, 3.05) is 13.1 Å². The molecule has 4 aliphatic heterocycles. The van der Waals surface area contributed by atoms with Crippen LogP contribution in [-0.2, 0) is 29.4 Å². The zero-order chi connectivity index (χ0) is 50.4. The summed E-state index contributed by atoms with van der Waals surface area (Å²) in [5, 5.41) is 42.2. The molecule has 0 saturated carbocycles. The van der Waals surface area contributed by atoms with Crippen molar-refractivity contribution in [1.29, 1.82) is 10.8 Å². The van der Waals surface area contributed by atoms with Gasteiger partial charge in [0.15, 0.2) is 0 Å². The summed E-state index contributed by atoms with van der Waals surface area (Å²) in [5.41, 5.74) is 1.27. The molecule has 7 amide bonds. The van der Waals surface area contributed by atoms with Crippen LogP contribution in [0.25, 0.3) is 0 Å². The fourth-order valence-electron chi connectivity index (χ4n) is 11.8. The van der Waals surface area contributed by atoms with E-state index in [0.29, 0.717) is 24.4 Å². The number of fused-ring (bicyclic) bond motifs is 8. The summed E-state index contributed by atoms with van der Waals surface area (Å²) < 4.78 is 79.0. The molecule has 364 valence electrons. The molecule has 3 unspecified atom stereocenters. The molecule has 6 heterocycles. The van der Waals surface area contributed by atoms with Crippen LogP contribution in [-0.4, -0.2) is 130 Å². The molecule has 0 aliphatic carbocycles. The minimum atomic E-state index is -5.36. The summed E-state index contributed by atoms with van der Waals surface area (Å²) in [6, 6.07) is -10.5. The molecule has 6 rings (SSSR count). The number of aromatic nitrogens is 4. The second-order valence-corrected chi connectivity index (χ2v) is 22.8. The summed E-state index contributed by atoms with van der Waals surface area (Å²) in [4.78, 5) is 71.3. The van der Waals surface area contributed by atoms with E-state index in [-0.39, 0.29) is 22.5 Å². The van der Waals surface area contributed by atoms with Crippen LogP contribution in [0.3, 0.4) is 0 Å². The lowest BCUT2D eigenvalue weighted by atomic mass is 9.47. The molecular weight excluding hydrogens is 915 g/mol. The highest BCUT2D eigenvalue weighted by atomic mass is 32.3. The van der Waals surface area contributed by atoms with Gasteiger partial charge >= 0.3 is 51.0 Å². The summed E-state index contributed by atoms with van der Waals surface area (Å²) in [5.74, 6) is -1.69. The fraction of sp³-hybridized carbons (Fsp3) is 0.649. The number of primary amides is 2. The molecule has 9 N–H and O–H groups in total. The van der Waals surface area contributed by atoms with Crippen molar-refractivity contribution in [2.24, 2.45) is 44.0 Å². The first-order chi connectivity index (χ1) is 29.7. The highest BCUT2D eigenvalue weighted by Crippen LogP contribution is 2.68. The number of rotatable bonds is 8. The zero-order valence-electron chi connectivity index (χ0n) is 38.2. The lowest BCUT2D eigenvalue weighted by molar-refractivity contribution is -0.0546. The van der Waals surface area contributed by atoms with Gasteiger partial charge in [-0.2, -0.15) is 46.5 Å². The van der Waals surface area contributed by atoms with E-state index in [1.54, 1.807) is 83.1 Å². The maximum atomic E-state index is 14.5. The Morgan fingerprint density at radius 1 is 0.652 bits per heavy atom. The molecular formula is C37H55N13O14S2. The number of hydrogen-bond donors (Lipinski definition) is 7. The Bertz CT molecular complexity index is 2500. The van der Waals surface area contributed by atoms with Crippen LogP contribution in [0, 0.1) is 43.3 Å². The second-order valence-electron chi connectivity index (χ2n) is 20.8. The number of nitrogens with one attached hydrogen (secondary N) is 2. The maximum Gasteiger partial charge on any atom is 0.418 e. The van der Waals surface area contributed by atoms with Crippen molar-refractivity contribution in [2.45, 2.75) is 107 Å². The summed E-state index contributed by atoms with van der Waals surface area (Å²) in [6.07, 6.45) is 0.337. The number of amidine groups is 2. The number of carbonyl (C=O) groups excluding carboxylic acids is 4. The lowest BCUT2D eigenvalue weighted by Crippen LogP contribution is -2.70. The zero-order valence-corrected chi connectivity index (χ0v) is 39.8. The largest absolute Gasteiger partial charge is 0.464 e. The normalized spacial score (nSPS) is 21.5. The molecule has 2 aromatic rings. The summed E-state index contributed by atoms with van der Waals surface area (Å²) >= 11 is 0. The van der Waals surface area contributed by atoms with Gasteiger partial charge in [0, 0.05) is 23.5 Å². The van der Waals surface area contributed by atoms with Gasteiger partial charge in [0.2, 0.25) is 0 Å². The lowest BCUT2D eigenvalue weighted by Gasteiger charge is -2.63. The van der Waals surface area contributed by atoms with Gasteiger partial charge in [-0.05, 0) is 21.7 Å². The first-order valence-corrected chi connectivity index (χ1v) is 22.9. The first-order valence-electron chi connectivity index (χ1n) is 20.2. The minimum Gasteiger partial charge on any atom is -0.464 e. The highest BCUT2D eigenvalue weighted by molar-refractivity contribution is 7.81. The van der Waals surface area contributed by atoms with Crippen molar-refractivity contribution >= 4 is 62.7 Å². The SMILES string of the molecule is CC(C)(C)C(C(=N)N(C(=N)C(C1c2nn(C(N)=O)cc2[C@H]2CN1C(=O)N2OS(=O)(=O)O)(C(C)(C)C)C(C)(C)C)C(=O)O)(C1c2nn(C(N)=O)cc2C2CN1C(=O)N2OS(=O)(=O)O)C(C)(C)C. The predicted octanol–water partition coefficient (Wildman–Crippen LogP) is 3.86. The average molecular weight is 970 g/mol. The molecule has 2 aromatic heterocycles. The topological polar surface area (TPSA) is 384 Å². The average Bonchev–Trinajstić information content (AvgIpc) is 3.86. The molecule has 0 aromatic carbocycles. The second kappa shape index (κ2) is 14.9. The molecule has 4 bridgehead atoms. The Morgan fingerprint density at radius 3 is 1.17 bits per heavy atom. The Labute approximate surface area is 379 Å². The minimum absolute atomic E-state index is 0.00977. The van der Waals surface area contributed by atoms with Gasteiger partial charge in [0.05, 0.1) is 47.4 Å². The van der Waals surface area contributed by atoms with Crippen LogP contribution in [0.4, 0.5) is 24.0 Å². The number of nitrogens with two attached hydrogens (primary N) is 2. The molecule has 4 aliphatic rings. The smallest absolute Gasteiger partial charge is 0.418 e. The van der Waals surface area contributed by atoms with Gasteiger partial charge in [0.1, 0.15) is 23.8 Å². The van der Waals surface area contributed by atoms with Crippen LogP contribution < -0.4 is 11.5 Å². The van der Waals surface area contributed by atoms with E-state index in [9.17, 15) is 65.8 Å². The van der Waals surface area contributed by atoms with Crippen LogP contribution >= 0.6 is 0 Å². The van der Waals surface area contributed by atoms with Crippen molar-refractivity contribution in [3.63, 3.8) is 0 Å². The monoisotopic (exact) mass is 969 g/mol. The van der Waals surface area contributed by atoms with E-state index in [1.165, 1.54) is 0 Å². The van der Waals surface area contributed by atoms with E-state index in [1.807, 2.05) is 0 Å². The van der Waals surface area contributed by atoms with Crippen LogP contribution in [0.1, 0.15) is 130 Å².